The van der Waals surface area contributed by atoms with E-state index in [1.165, 1.54) is 31.3 Å². The van der Waals surface area contributed by atoms with Crippen molar-refractivity contribution < 1.29 is 14.8 Å². The number of carbonyl (C=O) groups is 2. The molecule has 2 saturated carbocycles. The number of hydroxylamine groups is 2. The molecule has 1 heterocycles. The van der Waals surface area contributed by atoms with Gasteiger partial charge in [0.2, 0.25) is 0 Å². The van der Waals surface area contributed by atoms with Gasteiger partial charge < -0.3 is 10.2 Å². The van der Waals surface area contributed by atoms with Gasteiger partial charge in [0.25, 0.3) is 0 Å². The second-order valence-electron chi connectivity index (χ2n) is 11.1. The van der Waals surface area contributed by atoms with Crippen molar-refractivity contribution in [2.24, 2.45) is 0 Å². The Morgan fingerprint density at radius 2 is 1.73 bits per heavy atom. The summed E-state index contributed by atoms with van der Waals surface area (Å²) in [6.07, 6.45) is 17.9. The molecular formula is C26H44N4O3. The van der Waals surface area contributed by atoms with Gasteiger partial charge >= 0.3 is 12.1 Å². The van der Waals surface area contributed by atoms with E-state index in [2.05, 4.69) is 11.4 Å². The molecule has 33 heavy (non-hydrogen) atoms. The molecule has 0 spiro atoms. The average Bonchev–Trinajstić information content (AvgIpc) is 3.03. The molecule has 0 aromatic heterocycles. The van der Waals surface area contributed by atoms with E-state index < -0.39 is 17.7 Å². The van der Waals surface area contributed by atoms with Crippen molar-refractivity contribution in [3.8, 4) is 0 Å². The summed E-state index contributed by atoms with van der Waals surface area (Å²) in [5.74, 6) is 0. The molecule has 186 valence electrons. The summed E-state index contributed by atoms with van der Waals surface area (Å²) in [6, 6.07) is -0.312. The number of nitrogens with one attached hydrogen (secondary N) is 1. The zero-order valence-corrected chi connectivity index (χ0v) is 20.7. The van der Waals surface area contributed by atoms with Crippen LogP contribution in [0.3, 0.4) is 0 Å². The minimum atomic E-state index is -0.683. The lowest BCUT2D eigenvalue weighted by Gasteiger charge is -2.42. The fourth-order valence-electron chi connectivity index (χ4n) is 6.47. The first-order valence-corrected chi connectivity index (χ1v) is 13.5. The van der Waals surface area contributed by atoms with Crippen LogP contribution in [0.4, 0.5) is 9.59 Å². The predicted molar refractivity (Wildman–Crippen MR) is 129 cm³/mol. The van der Waals surface area contributed by atoms with Crippen LogP contribution >= 0.6 is 0 Å². The van der Waals surface area contributed by atoms with E-state index in [9.17, 15) is 14.8 Å². The maximum atomic E-state index is 13.8. The van der Waals surface area contributed by atoms with Crippen molar-refractivity contribution >= 4 is 12.1 Å². The number of amides is 4. The standard InChI is InChI=1S/C26H44N4O3/c1-26(2)23(30(33)24(31)27-21-14-8-4-9-15-21)29(22-16-10-5-11-17-22)25(32)28(26)19-18-20-12-6-3-7-13-20/h12,21-23,33H,3-11,13-19H2,1-2H3,(H,27,31)/t23-/m1/s1. The monoisotopic (exact) mass is 460 g/mol. The molecule has 7 heteroatoms. The highest BCUT2D eigenvalue weighted by Gasteiger charge is 2.57. The third-order valence-electron chi connectivity index (χ3n) is 8.42. The summed E-state index contributed by atoms with van der Waals surface area (Å²) in [5, 5.41) is 15.1. The van der Waals surface area contributed by atoms with Gasteiger partial charge in [-0.05, 0) is 71.6 Å². The van der Waals surface area contributed by atoms with E-state index in [1.54, 1.807) is 0 Å². The number of rotatable bonds is 6. The van der Waals surface area contributed by atoms with Gasteiger partial charge in [-0.25, -0.2) is 9.59 Å². The Morgan fingerprint density at radius 1 is 1.06 bits per heavy atom. The van der Waals surface area contributed by atoms with Crippen LogP contribution in [0.2, 0.25) is 0 Å². The lowest BCUT2D eigenvalue weighted by molar-refractivity contribution is -0.141. The van der Waals surface area contributed by atoms with Gasteiger partial charge in [-0.1, -0.05) is 50.2 Å². The highest BCUT2D eigenvalue weighted by molar-refractivity contribution is 5.81. The number of hydrogen-bond acceptors (Lipinski definition) is 3. The number of urea groups is 2. The summed E-state index contributed by atoms with van der Waals surface area (Å²) in [7, 11) is 0. The smallest absolute Gasteiger partial charge is 0.333 e. The molecule has 0 bridgehead atoms. The van der Waals surface area contributed by atoms with E-state index in [-0.39, 0.29) is 18.1 Å². The summed E-state index contributed by atoms with van der Waals surface area (Å²) in [4.78, 5) is 30.7. The van der Waals surface area contributed by atoms with Gasteiger partial charge in [0.05, 0.1) is 5.54 Å². The quantitative estimate of drug-likeness (QED) is 0.299. The van der Waals surface area contributed by atoms with Crippen molar-refractivity contribution in [2.45, 2.75) is 134 Å². The lowest BCUT2D eigenvalue weighted by Crippen LogP contribution is -2.61. The molecule has 3 fully saturated rings. The Morgan fingerprint density at radius 3 is 2.36 bits per heavy atom. The van der Waals surface area contributed by atoms with Gasteiger partial charge in [0.1, 0.15) is 0 Å². The van der Waals surface area contributed by atoms with Crippen LogP contribution in [-0.2, 0) is 0 Å². The minimum Gasteiger partial charge on any atom is -0.333 e. The third kappa shape index (κ3) is 5.33. The summed E-state index contributed by atoms with van der Waals surface area (Å²) < 4.78 is 0. The third-order valence-corrected chi connectivity index (χ3v) is 8.42. The van der Waals surface area contributed by atoms with Crippen molar-refractivity contribution in [1.29, 1.82) is 0 Å². The van der Waals surface area contributed by atoms with Crippen LogP contribution in [-0.4, -0.2) is 62.5 Å². The molecule has 1 saturated heterocycles. The van der Waals surface area contributed by atoms with Gasteiger partial charge in [0.15, 0.2) is 6.17 Å². The maximum Gasteiger partial charge on any atom is 0.343 e. The molecule has 0 aromatic carbocycles. The molecular weight excluding hydrogens is 416 g/mol. The summed E-state index contributed by atoms with van der Waals surface area (Å²) in [6.45, 7) is 4.64. The molecule has 0 aromatic rings. The van der Waals surface area contributed by atoms with E-state index >= 15 is 0 Å². The number of allylic oxidation sites excluding steroid dienone is 1. The van der Waals surface area contributed by atoms with E-state index in [1.807, 2.05) is 23.6 Å². The summed E-state index contributed by atoms with van der Waals surface area (Å²) in [5.41, 5.74) is 0.760. The van der Waals surface area contributed by atoms with Crippen LogP contribution < -0.4 is 5.32 Å². The van der Waals surface area contributed by atoms with Crippen LogP contribution in [0.25, 0.3) is 0 Å². The van der Waals surface area contributed by atoms with Gasteiger partial charge in [0, 0.05) is 18.6 Å². The maximum absolute atomic E-state index is 13.8. The molecule has 2 N–H and O–H groups in total. The van der Waals surface area contributed by atoms with Crippen LogP contribution in [0.1, 0.15) is 110 Å². The Kier molecular flexibility index (Phi) is 7.87. The van der Waals surface area contributed by atoms with Crippen molar-refractivity contribution in [3.05, 3.63) is 11.6 Å². The van der Waals surface area contributed by atoms with E-state index in [0.717, 1.165) is 75.7 Å². The average molecular weight is 461 g/mol. The normalized spacial score (nSPS) is 26.9. The molecule has 4 amide bonds. The summed E-state index contributed by atoms with van der Waals surface area (Å²) >= 11 is 0. The lowest BCUT2D eigenvalue weighted by atomic mass is 9.92. The highest BCUT2D eigenvalue weighted by Crippen LogP contribution is 2.39. The molecule has 0 radical (unpaired) electrons. The molecule has 0 unspecified atom stereocenters. The number of hydrogen-bond donors (Lipinski definition) is 2. The van der Waals surface area contributed by atoms with Gasteiger partial charge in [-0.15, -0.1) is 0 Å². The van der Waals surface area contributed by atoms with Crippen molar-refractivity contribution in [1.82, 2.24) is 20.2 Å². The largest absolute Gasteiger partial charge is 0.343 e. The number of nitrogens with zero attached hydrogens (tertiary/aromatic N) is 3. The van der Waals surface area contributed by atoms with Crippen LogP contribution in [0, 0.1) is 0 Å². The molecule has 4 aliphatic rings. The minimum absolute atomic E-state index is 0.0298. The predicted octanol–water partition coefficient (Wildman–Crippen LogP) is 5.79. The van der Waals surface area contributed by atoms with Crippen molar-refractivity contribution in [3.63, 3.8) is 0 Å². The zero-order valence-electron chi connectivity index (χ0n) is 20.7. The molecule has 1 atom stereocenters. The molecule has 3 aliphatic carbocycles. The first-order chi connectivity index (χ1) is 15.9. The fraction of sp³-hybridized carbons (Fsp3) is 0.846. The van der Waals surface area contributed by atoms with E-state index in [4.69, 9.17) is 0 Å². The van der Waals surface area contributed by atoms with E-state index in [0.29, 0.717) is 6.54 Å². The first kappa shape index (κ1) is 24.4. The molecule has 1 aliphatic heterocycles. The van der Waals surface area contributed by atoms with Gasteiger partial charge in [-0.2, -0.15) is 5.06 Å². The first-order valence-electron chi connectivity index (χ1n) is 13.5. The van der Waals surface area contributed by atoms with Crippen molar-refractivity contribution in [2.75, 3.05) is 6.54 Å². The Balaban J connectivity index is 1.53. The van der Waals surface area contributed by atoms with Gasteiger partial charge in [-0.3, -0.25) is 10.1 Å². The Labute approximate surface area is 199 Å². The van der Waals surface area contributed by atoms with Crippen LogP contribution in [0.15, 0.2) is 11.6 Å². The Hall–Kier alpha value is -1.76. The topological polar surface area (TPSA) is 76.1 Å². The number of carbonyl (C=O) groups excluding carboxylic acids is 2. The second kappa shape index (κ2) is 10.7. The Bertz CT molecular complexity index is 725. The highest BCUT2D eigenvalue weighted by atomic mass is 16.5. The van der Waals surface area contributed by atoms with Crippen LogP contribution in [0.5, 0.6) is 0 Å². The zero-order chi connectivity index (χ0) is 23.4. The second-order valence-corrected chi connectivity index (χ2v) is 11.1. The molecule has 4 rings (SSSR count). The fourth-order valence-corrected chi connectivity index (χ4v) is 6.47. The molecule has 7 nitrogen and oxygen atoms in total. The SMILES string of the molecule is CC1(C)[C@@H](N(O)C(=O)NC2CCCCC2)N(C2CCCCC2)C(=O)N1CCC1=CCCCC1.